The third kappa shape index (κ3) is 1.92. The molecule has 2 aliphatic rings. The van der Waals surface area contributed by atoms with Crippen LogP contribution in [0.15, 0.2) is 18.3 Å². The van der Waals surface area contributed by atoms with Crippen LogP contribution in [0, 0.1) is 17.8 Å². The van der Waals surface area contributed by atoms with E-state index in [9.17, 15) is 4.79 Å². The predicted octanol–water partition coefficient (Wildman–Crippen LogP) is 3.06. The Hall–Kier alpha value is -1.38. The molecule has 0 atom stereocenters. The number of hydrogen-bond donors (Lipinski definition) is 1. The number of ketones is 1. The Balaban J connectivity index is 1.85. The average Bonchev–Trinajstić information content (AvgIpc) is 2.23. The number of rotatable bonds is 4. The molecule has 2 fully saturated rings. The van der Waals surface area contributed by atoms with Crippen LogP contribution in [0.2, 0.25) is 0 Å². The number of anilines is 1. The van der Waals surface area contributed by atoms with Gasteiger partial charge in [0.05, 0.1) is 5.56 Å². The molecule has 2 N–H and O–H groups in total. The van der Waals surface area contributed by atoms with Crippen molar-refractivity contribution in [1.82, 2.24) is 4.98 Å². The highest BCUT2D eigenvalue weighted by molar-refractivity contribution is 6.01. The summed E-state index contributed by atoms with van der Waals surface area (Å²) in [6.07, 6.45) is 9.07. The third-order valence-electron chi connectivity index (χ3n) is 4.72. The van der Waals surface area contributed by atoms with Gasteiger partial charge in [-0.2, -0.15) is 0 Å². The summed E-state index contributed by atoms with van der Waals surface area (Å²) < 4.78 is 0. The minimum atomic E-state index is 0.207. The summed E-state index contributed by atoms with van der Waals surface area (Å²) in [5.74, 6) is 2.05. The van der Waals surface area contributed by atoms with E-state index >= 15 is 0 Å². The van der Waals surface area contributed by atoms with Crippen LogP contribution < -0.4 is 5.73 Å². The molecule has 0 amide bonds. The lowest BCUT2D eigenvalue weighted by Gasteiger charge is -2.41. The summed E-state index contributed by atoms with van der Waals surface area (Å²) >= 11 is 0. The minimum absolute atomic E-state index is 0.207. The van der Waals surface area contributed by atoms with Crippen LogP contribution in [0.1, 0.15) is 48.9 Å². The van der Waals surface area contributed by atoms with Crippen molar-refractivity contribution < 1.29 is 4.79 Å². The van der Waals surface area contributed by atoms with Gasteiger partial charge in [0.1, 0.15) is 5.82 Å². The average molecular weight is 244 g/mol. The van der Waals surface area contributed by atoms with Gasteiger partial charge in [0, 0.05) is 12.1 Å². The number of Topliss-reactive ketones (excluding diaryl/α,β-unsaturated/α-hetero) is 1. The number of carbonyl (C=O) groups is 1. The number of nitrogens with two attached hydrogens (primary N) is 1. The van der Waals surface area contributed by atoms with Crippen molar-refractivity contribution >= 4 is 11.6 Å². The highest BCUT2D eigenvalue weighted by Gasteiger charge is 2.41. The van der Waals surface area contributed by atoms with E-state index in [4.69, 9.17) is 5.73 Å². The normalized spacial score (nSPS) is 20.5. The Kier molecular flexibility index (Phi) is 3.06. The summed E-state index contributed by atoms with van der Waals surface area (Å²) in [5, 5.41) is 0. The summed E-state index contributed by atoms with van der Waals surface area (Å²) in [6.45, 7) is 0. The Morgan fingerprint density at radius 2 is 1.83 bits per heavy atom. The zero-order valence-electron chi connectivity index (χ0n) is 10.6. The van der Waals surface area contributed by atoms with Crippen molar-refractivity contribution in [3.8, 4) is 0 Å². The minimum Gasteiger partial charge on any atom is -0.383 e. The first-order valence-electron chi connectivity index (χ1n) is 7.02. The van der Waals surface area contributed by atoms with E-state index in [0.29, 0.717) is 23.2 Å². The second-order valence-electron chi connectivity index (χ2n) is 5.71. The van der Waals surface area contributed by atoms with Crippen LogP contribution in [-0.4, -0.2) is 10.8 Å². The molecular weight excluding hydrogens is 224 g/mol. The van der Waals surface area contributed by atoms with Gasteiger partial charge < -0.3 is 5.73 Å². The second-order valence-corrected chi connectivity index (χ2v) is 5.71. The molecule has 2 aliphatic carbocycles. The van der Waals surface area contributed by atoms with E-state index in [1.807, 2.05) is 12.1 Å². The molecule has 0 radical (unpaired) electrons. The largest absolute Gasteiger partial charge is 0.383 e. The van der Waals surface area contributed by atoms with Gasteiger partial charge in [-0.1, -0.05) is 12.8 Å². The van der Waals surface area contributed by atoms with E-state index in [1.165, 1.54) is 38.5 Å². The number of carbonyl (C=O) groups excluding carboxylic acids is 1. The molecular formula is C15H20N2O. The highest BCUT2D eigenvalue weighted by Crippen LogP contribution is 2.46. The van der Waals surface area contributed by atoms with Gasteiger partial charge in [-0.15, -0.1) is 0 Å². The van der Waals surface area contributed by atoms with E-state index in [-0.39, 0.29) is 11.7 Å². The lowest BCUT2D eigenvalue weighted by Crippen LogP contribution is -2.38. The molecule has 1 heterocycles. The van der Waals surface area contributed by atoms with Crippen LogP contribution in [-0.2, 0) is 0 Å². The first kappa shape index (κ1) is 11.7. The highest BCUT2D eigenvalue weighted by atomic mass is 16.1. The maximum atomic E-state index is 12.7. The maximum absolute atomic E-state index is 12.7. The van der Waals surface area contributed by atoms with Crippen molar-refractivity contribution in [2.45, 2.75) is 38.5 Å². The van der Waals surface area contributed by atoms with Crippen LogP contribution >= 0.6 is 0 Å². The number of hydrogen-bond acceptors (Lipinski definition) is 3. The Morgan fingerprint density at radius 3 is 2.28 bits per heavy atom. The van der Waals surface area contributed by atoms with Gasteiger partial charge in [0.2, 0.25) is 0 Å². The zero-order chi connectivity index (χ0) is 12.5. The molecule has 0 bridgehead atoms. The molecule has 96 valence electrons. The van der Waals surface area contributed by atoms with Crippen molar-refractivity contribution in [3.05, 3.63) is 23.9 Å². The number of nitrogens with zero attached hydrogens (tertiary/aromatic N) is 1. The third-order valence-corrected chi connectivity index (χ3v) is 4.72. The molecule has 0 spiro atoms. The van der Waals surface area contributed by atoms with Crippen molar-refractivity contribution in [1.29, 1.82) is 0 Å². The number of pyridine rings is 1. The Bertz CT molecular complexity index is 436. The maximum Gasteiger partial charge on any atom is 0.170 e. The molecule has 0 saturated heterocycles. The second kappa shape index (κ2) is 4.71. The van der Waals surface area contributed by atoms with E-state index in [2.05, 4.69) is 4.98 Å². The van der Waals surface area contributed by atoms with Crippen molar-refractivity contribution in [3.63, 3.8) is 0 Å². The standard InChI is InChI=1S/C15H20N2O/c16-15-12(8-3-9-17-15)14(18)13(10-4-1-5-10)11-6-2-7-11/h3,8-11,13H,1-2,4-7H2,(H2,16,17). The summed E-state index contributed by atoms with van der Waals surface area (Å²) in [7, 11) is 0. The molecule has 1 aromatic rings. The SMILES string of the molecule is Nc1ncccc1C(=O)C(C1CCC1)C1CCC1. The smallest absolute Gasteiger partial charge is 0.170 e. The molecule has 0 aliphatic heterocycles. The van der Waals surface area contributed by atoms with E-state index < -0.39 is 0 Å². The fourth-order valence-corrected chi connectivity index (χ4v) is 3.22. The fraction of sp³-hybridized carbons (Fsp3) is 0.600. The van der Waals surface area contributed by atoms with Gasteiger partial charge in [-0.3, -0.25) is 4.79 Å². The predicted molar refractivity (Wildman–Crippen MR) is 71.2 cm³/mol. The topological polar surface area (TPSA) is 56.0 Å². The summed E-state index contributed by atoms with van der Waals surface area (Å²) in [5.41, 5.74) is 6.49. The monoisotopic (exact) mass is 244 g/mol. The fourth-order valence-electron chi connectivity index (χ4n) is 3.22. The Morgan fingerprint density at radius 1 is 1.22 bits per heavy atom. The van der Waals surface area contributed by atoms with Crippen LogP contribution in [0.3, 0.4) is 0 Å². The molecule has 18 heavy (non-hydrogen) atoms. The van der Waals surface area contributed by atoms with Crippen LogP contribution in [0.5, 0.6) is 0 Å². The van der Waals surface area contributed by atoms with Gasteiger partial charge in [0.25, 0.3) is 0 Å². The van der Waals surface area contributed by atoms with Crippen LogP contribution in [0.25, 0.3) is 0 Å². The van der Waals surface area contributed by atoms with Crippen LogP contribution in [0.4, 0.5) is 5.82 Å². The van der Waals surface area contributed by atoms with Gasteiger partial charge in [-0.05, 0) is 49.7 Å². The molecule has 0 unspecified atom stereocenters. The first-order chi connectivity index (χ1) is 8.77. The van der Waals surface area contributed by atoms with Gasteiger partial charge in [0.15, 0.2) is 5.78 Å². The lowest BCUT2D eigenvalue weighted by atomic mass is 9.62. The van der Waals surface area contributed by atoms with E-state index in [1.54, 1.807) is 6.20 Å². The van der Waals surface area contributed by atoms with Crippen molar-refractivity contribution in [2.75, 3.05) is 5.73 Å². The van der Waals surface area contributed by atoms with E-state index in [0.717, 1.165) is 0 Å². The summed E-state index contributed by atoms with van der Waals surface area (Å²) in [6, 6.07) is 3.64. The molecule has 3 rings (SSSR count). The lowest BCUT2D eigenvalue weighted by molar-refractivity contribution is 0.0579. The molecule has 2 saturated carbocycles. The number of aromatic nitrogens is 1. The zero-order valence-corrected chi connectivity index (χ0v) is 10.6. The first-order valence-corrected chi connectivity index (χ1v) is 7.02. The van der Waals surface area contributed by atoms with Gasteiger partial charge in [-0.25, -0.2) is 4.98 Å². The Labute approximate surface area is 108 Å². The summed E-state index contributed by atoms with van der Waals surface area (Å²) in [4.78, 5) is 16.8. The molecule has 3 nitrogen and oxygen atoms in total. The van der Waals surface area contributed by atoms with Gasteiger partial charge >= 0.3 is 0 Å². The molecule has 0 aromatic carbocycles. The quantitative estimate of drug-likeness (QED) is 0.828. The number of nitrogen functional groups attached to an aromatic ring is 1. The van der Waals surface area contributed by atoms with Crippen molar-refractivity contribution in [2.24, 2.45) is 17.8 Å². The molecule has 3 heteroatoms. The molecule has 1 aromatic heterocycles.